The molecule has 0 aliphatic carbocycles. The first-order chi connectivity index (χ1) is 7.66. The van der Waals surface area contributed by atoms with Gasteiger partial charge in [0.1, 0.15) is 0 Å². The van der Waals surface area contributed by atoms with Crippen LogP contribution in [0.1, 0.15) is 18.4 Å². The molecule has 0 bridgehead atoms. The van der Waals surface area contributed by atoms with E-state index in [0.29, 0.717) is 6.54 Å². The van der Waals surface area contributed by atoms with Crippen LogP contribution >= 0.6 is 27.5 Å². The Bertz CT molecular complexity index is 396. The maximum absolute atomic E-state index is 11.9. The van der Waals surface area contributed by atoms with Crippen molar-refractivity contribution in [1.29, 1.82) is 0 Å². The Morgan fingerprint density at radius 1 is 1.50 bits per heavy atom. The second-order valence-electron chi connectivity index (χ2n) is 4.00. The highest BCUT2D eigenvalue weighted by atomic mass is 79.9. The van der Waals surface area contributed by atoms with E-state index < -0.39 is 0 Å². The largest absolute Gasteiger partial charge is 0.337 e. The molecule has 16 heavy (non-hydrogen) atoms. The molecule has 0 spiro atoms. The summed E-state index contributed by atoms with van der Waals surface area (Å²) in [5.74, 6) is 0.186. The molecule has 1 aromatic carbocycles. The van der Waals surface area contributed by atoms with E-state index in [2.05, 4.69) is 15.9 Å². The highest BCUT2D eigenvalue weighted by molar-refractivity contribution is 9.10. The van der Waals surface area contributed by atoms with Crippen LogP contribution in [-0.2, 0) is 11.3 Å². The second kappa shape index (κ2) is 5.19. The number of amides is 1. The van der Waals surface area contributed by atoms with Crippen molar-refractivity contribution in [2.45, 2.75) is 24.2 Å². The number of halogens is 2. The third-order valence-electron chi connectivity index (χ3n) is 2.73. The molecule has 0 radical (unpaired) electrons. The van der Waals surface area contributed by atoms with Crippen molar-refractivity contribution < 1.29 is 4.79 Å². The number of hydrogen-bond acceptors (Lipinski definition) is 1. The van der Waals surface area contributed by atoms with Crippen molar-refractivity contribution in [2.75, 3.05) is 6.54 Å². The zero-order valence-electron chi connectivity index (χ0n) is 8.83. The van der Waals surface area contributed by atoms with E-state index in [0.717, 1.165) is 30.0 Å². The first kappa shape index (κ1) is 11.9. The summed E-state index contributed by atoms with van der Waals surface area (Å²) in [6.45, 7) is 1.49. The SMILES string of the molecule is O=C1C(Br)CCCN1Cc1cccc(Cl)c1. The van der Waals surface area contributed by atoms with Gasteiger partial charge in [0.15, 0.2) is 0 Å². The van der Waals surface area contributed by atoms with Gasteiger partial charge in [0.05, 0.1) is 4.83 Å². The van der Waals surface area contributed by atoms with Crippen molar-refractivity contribution >= 4 is 33.4 Å². The molecule has 2 rings (SSSR count). The predicted molar refractivity (Wildman–Crippen MR) is 68.8 cm³/mol. The average Bonchev–Trinajstić information content (AvgIpc) is 2.25. The van der Waals surface area contributed by atoms with E-state index >= 15 is 0 Å². The fraction of sp³-hybridized carbons (Fsp3) is 0.417. The monoisotopic (exact) mass is 301 g/mol. The van der Waals surface area contributed by atoms with Crippen molar-refractivity contribution in [2.24, 2.45) is 0 Å². The van der Waals surface area contributed by atoms with E-state index in [9.17, 15) is 4.79 Å². The number of rotatable bonds is 2. The van der Waals surface area contributed by atoms with Gasteiger partial charge in [-0.05, 0) is 30.5 Å². The number of carbonyl (C=O) groups is 1. The molecule has 0 saturated carbocycles. The standard InChI is InChI=1S/C12H13BrClNO/c13-11-5-2-6-15(12(11)16)8-9-3-1-4-10(14)7-9/h1,3-4,7,11H,2,5-6,8H2. The molecule has 0 aromatic heterocycles. The molecule has 2 nitrogen and oxygen atoms in total. The fourth-order valence-corrected chi connectivity index (χ4v) is 2.73. The van der Waals surface area contributed by atoms with Gasteiger partial charge in [-0.2, -0.15) is 0 Å². The molecular formula is C12H13BrClNO. The molecular weight excluding hydrogens is 289 g/mol. The number of carbonyl (C=O) groups excluding carboxylic acids is 1. The second-order valence-corrected chi connectivity index (χ2v) is 5.54. The summed E-state index contributed by atoms with van der Waals surface area (Å²) in [4.78, 5) is 13.7. The lowest BCUT2D eigenvalue weighted by atomic mass is 10.1. The van der Waals surface area contributed by atoms with Crippen LogP contribution in [-0.4, -0.2) is 22.2 Å². The molecule has 1 fully saturated rings. The van der Waals surface area contributed by atoms with Crippen molar-refractivity contribution in [3.8, 4) is 0 Å². The van der Waals surface area contributed by atoms with Gasteiger partial charge < -0.3 is 4.90 Å². The van der Waals surface area contributed by atoms with E-state index in [1.54, 1.807) is 0 Å². The van der Waals surface area contributed by atoms with E-state index in [1.165, 1.54) is 0 Å². The Balaban J connectivity index is 2.06. The van der Waals surface area contributed by atoms with Gasteiger partial charge in [0, 0.05) is 18.1 Å². The van der Waals surface area contributed by atoms with Crippen LogP contribution in [0.2, 0.25) is 5.02 Å². The third kappa shape index (κ3) is 2.77. The van der Waals surface area contributed by atoms with Gasteiger partial charge in [0.2, 0.25) is 5.91 Å². The summed E-state index contributed by atoms with van der Waals surface area (Å²) >= 11 is 9.32. The third-order valence-corrected chi connectivity index (χ3v) is 3.81. The normalized spacial score (nSPS) is 21.2. The van der Waals surface area contributed by atoms with Crippen LogP contribution in [0.25, 0.3) is 0 Å². The minimum atomic E-state index is -0.0135. The number of nitrogens with zero attached hydrogens (tertiary/aromatic N) is 1. The van der Waals surface area contributed by atoms with Crippen LogP contribution in [0, 0.1) is 0 Å². The summed E-state index contributed by atoms with van der Waals surface area (Å²) in [7, 11) is 0. The Morgan fingerprint density at radius 2 is 2.31 bits per heavy atom. The van der Waals surface area contributed by atoms with Crippen LogP contribution in [0.4, 0.5) is 0 Å². The lowest BCUT2D eigenvalue weighted by Crippen LogP contribution is -2.41. The lowest BCUT2D eigenvalue weighted by molar-refractivity contribution is -0.133. The smallest absolute Gasteiger partial charge is 0.236 e. The van der Waals surface area contributed by atoms with Gasteiger partial charge in [-0.15, -0.1) is 0 Å². The lowest BCUT2D eigenvalue weighted by Gasteiger charge is -2.29. The van der Waals surface area contributed by atoms with Crippen LogP contribution < -0.4 is 0 Å². The van der Waals surface area contributed by atoms with Crippen molar-refractivity contribution in [3.63, 3.8) is 0 Å². The zero-order valence-corrected chi connectivity index (χ0v) is 11.2. The highest BCUT2D eigenvalue weighted by Gasteiger charge is 2.26. The summed E-state index contributed by atoms with van der Waals surface area (Å²) in [5.41, 5.74) is 1.09. The van der Waals surface area contributed by atoms with E-state index in [-0.39, 0.29) is 10.7 Å². The summed E-state index contributed by atoms with van der Waals surface area (Å²) in [6, 6.07) is 7.66. The number of likely N-dealkylation sites (tertiary alicyclic amines) is 1. The fourth-order valence-electron chi connectivity index (χ4n) is 1.91. The van der Waals surface area contributed by atoms with Crippen LogP contribution in [0.3, 0.4) is 0 Å². The molecule has 1 heterocycles. The summed E-state index contributed by atoms with van der Waals surface area (Å²) < 4.78 is 0. The van der Waals surface area contributed by atoms with Gasteiger partial charge in [-0.3, -0.25) is 4.79 Å². The molecule has 1 saturated heterocycles. The highest BCUT2D eigenvalue weighted by Crippen LogP contribution is 2.21. The van der Waals surface area contributed by atoms with Gasteiger partial charge in [-0.1, -0.05) is 39.7 Å². The minimum absolute atomic E-state index is 0.0135. The van der Waals surface area contributed by atoms with Gasteiger partial charge >= 0.3 is 0 Å². The quantitative estimate of drug-likeness (QED) is 0.768. The Morgan fingerprint density at radius 3 is 3.06 bits per heavy atom. The topological polar surface area (TPSA) is 20.3 Å². The van der Waals surface area contributed by atoms with Crippen molar-refractivity contribution in [3.05, 3.63) is 34.9 Å². The molecule has 4 heteroatoms. The summed E-state index contributed by atoms with van der Waals surface area (Å²) in [6.07, 6.45) is 1.99. The van der Waals surface area contributed by atoms with Crippen LogP contribution in [0.5, 0.6) is 0 Å². The molecule has 1 aliphatic heterocycles. The van der Waals surface area contributed by atoms with E-state index in [1.807, 2.05) is 29.2 Å². The van der Waals surface area contributed by atoms with Gasteiger partial charge in [0.25, 0.3) is 0 Å². The van der Waals surface area contributed by atoms with Crippen LogP contribution in [0.15, 0.2) is 24.3 Å². The number of alkyl halides is 1. The Labute approximate surface area is 109 Å². The van der Waals surface area contributed by atoms with E-state index in [4.69, 9.17) is 11.6 Å². The molecule has 0 N–H and O–H groups in total. The molecule has 1 atom stereocenters. The maximum Gasteiger partial charge on any atom is 0.236 e. The first-order valence-electron chi connectivity index (χ1n) is 5.34. The van der Waals surface area contributed by atoms with Gasteiger partial charge in [-0.25, -0.2) is 0 Å². The number of benzene rings is 1. The molecule has 1 unspecified atom stereocenters. The molecule has 1 aliphatic rings. The minimum Gasteiger partial charge on any atom is -0.337 e. The average molecular weight is 303 g/mol. The molecule has 1 amide bonds. The summed E-state index contributed by atoms with van der Waals surface area (Å²) in [5, 5.41) is 0.720. The number of hydrogen-bond donors (Lipinski definition) is 0. The van der Waals surface area contributed by atoms with Crippen molar-refractivity contribution in [1.82, 2.24) is 4.90 Å². The zero-order chi connectivity index (χ0) is 11.5. The first-order valence-corrected chi connectivity index (χ1v) is 6.63. The number of piperidine rings is 1. The molecule has 86 valence electrons. The molecule has 1 aromatic rings. The Hall–Kier alpha value is -0.540. The Kier molecular flexibility index (Phi) is 3.87. The maximum atomic E-state index is 11.9. The predicted octanol–water partition coefficient (Wildman–Crippen LogP) is 3.23.